The van der Waals surface area contributed by atoms with E-state index in [0.717, 1.165) is 31.9 Å². The van der Waals surface area contributed by atoms with E-state index in [4.69, 9.17) is 16.3 Å². The highest BCUT2D eigenvalue weighted by Gasteiger charge is 2.28. The summed E-state index contributed by atoms with van der Waals surface area (Å²) in [6.07, 6.45) is -0.166. The van der Waals surface area contributed by atoms with Gasteiger partial charge in [0.15, 0.2) is 0 Å². The lowest BCUT2D eigenvalue weighted by atomic mass is 9.94. The molecular formula is C16H14BrClO2. The summed E-state index contributed by atoms with van der Waals surface area (Å²) in [5.74, 6) is 0.730. The molecule has 0 saturated heterocycles. The summed E-state index contributed by atoms with van der Waals surface area (Å²) in [6, 6.07) is 11.6. The molecule has 0 fully saturated rings. The van der Waals surface area contributed by atoms with Crippen LogP contribution in [0.5, 0.6) is 5.75 Å². The van der Waals surface area contributed by atoms with Crippen molar-refractivity contribution in [1.82, 2.24) is 0 Å². The monoisotopic (exact) mass is 352 g/mol. The van der Waals surface area contributed by atoms with Gasteiger partial charge in [-0.2, -0.15) is 0 Å². The van der Waals surface area contributed by atoms with E-state index in [-0.39, 0.29) is 6.10 Å². The van der Waals surface area contributed by atoms with Crippen molar-refractivity contribution in [3.8, 4) is 5.75 Å². The van der Waals surface area contributed by atoms with Gasteiger partial charge in [-0.3, -0.25) is 0 Å². The van der Waals surface area contributed by atoms with E-state index in [9.17, 15) is 5.11 Å². The maximum atomic E-state index is 10.3. The molecule has 2 nitrogen and oxygen atoms in total. The lowest BCUT2D eigenvalue weighted by Gasteiger charge is -2.30. The Kier molecular flexibility index (Phi) is 3.76. The molecule has 1 heterocycles. The fourth-order valence-corrected chi connectivity index (χ4v) is 3.00. The van der Waals surface area contributed by atoms with Crippen molar-refractivity contribution < 1.29 is 9.84 Å². The third-order valence-electron chi connectivity index (χ3n) is 3.61. The van der Waals surface area contributed by atoms with Gasteiger partial charge in [0.1, 0.15) is 11.9 Å². The van der Waals surface area contributed by atoms with Gasteiger partial charge in [0.25, 0.3) is 0 Å². The van der Waals surface area contributed by atoms with Crippen molar-refractivity contribution in [3.63, 3.8) is 0 Å². The molecule has 0 amide bonds. The van der Waals surface area contributed by atoms with Gasteiger partial charge in [-0.1, -0.05) is 39.7 Å². The fraction of sp³-hybridized carbons (Fsp3) is 0.250. The molecule has 104 valence electrons. The van der Waals surface area contributed by atoms with Crippen molar-refractivity contribution in [3.05, 3.63) is 62.6 Å². The summed E-state index contributed by atoms with van der Waals surface area (Å²) in [5, 5.41) is 11.0. The molecule has 2 aromatic rings. The number of rotatable bonds is 1. The molecule has 2 atom stereocenters. The Balaban J connectivity index is 1.94. The molecule has 2 aromatic carbocycles. The topological polar surface area (TPSA) is 29.5 Å². The smallest absolute Gasteiger partial charge is 0.127 e. The van der Waals surface area contributed by atoms with Gasteiger partial charge in [0.2, 0.25) is 0 Å². The molecule has 1 aliphatic rings. The molecule has 20 heavy (non-hydrogen) atoms. The number of aryl methyl sites for hydroxylation is 1. The Morgan fingerprint density at radius 3 is 2.80 bits per heavy atom. The molecule has 4 heteroatoms. The van der Waals surface area contributed by atoms with Crippen LogP contribution in [0.4, 0.5) is 0 Å². The van der Waals surface area contributed by atoms with Gasteiger partial charge in [-0.25, -0.2) is 0 Å². The van der Waals surface area contributed by atoms with E-state index in [1.54, 1.807) is 0 Å². The Morgan fingerprint density at radius 2 is 2.05 bits per heavy atom. The number of halogens is 2. The SMILES string of the molecule is Cc1ccc(C2C[C@@H](O)c3cc(Br)ccc3O2)cc1Cl. The molecular weight excluding hydrogens is 340 g/mol. The van der Waals surface area contributed by atoms with Gasteiger partial charge < -0.3 is 9.84 Å². The Morgan fingerprint density at radius 1 is 1.25 bits per heavy atom. The number of hydrogen-bond acceptors (Lipinski definition) is 2. The molecule has 3 rings (SSSR count). The first-order valence-corrected chi connectivity index (χ1v) is 7.62. The van der Waals surface area contributed by atoms with Crippen LogP contribution in [-0.2, 0) is 0 Å². The van der Waals surface area contributed by atoms with Crippen molar-refractivity contribution in [2.45, 2.75) is 25.6 Å². The van der Waals surface area contributed by atoms with Crippen LogP contribution in [0, 0.1) is 6.92 Å². The standard InChI is InChI=1S/C16H14BrClO2/c1-9-2-3-10(6-13(9)18)16-8-14(19)12-7-11(17)4-5-15(12)20-16/h2-7,14,16,19H,8H2,1H3/t14-,16?/m1/s1. The number of benzene rings is 2. The minimum absolute atomic E-state index is 0.170. The molecule has 1 unspecified atom stereocenters. The van der Waals surface area contributed by atoms with E-state index >= 15 is 0 Å². The number of ether oxygens (including phenoxy) is 1. The van der Waals surface area contributed by atoms with E-state index in [1.165, 1.54) is 0 Å². The number of aliphatic hydroxyl groups excluding tert-OH is 1. The fourth-order valence-electron chi connectivity index (χ4n) is 2.43. The Bertz CT molecular complexity index is 657. The molecule has 0 saturated carbocycles. The second-order valence-electron chi connectivity index (χ2n) is 5.05. The highest BCUT2D eigenvalue weighted by atomic mass is 79.9. The molecule has 0 spiro atoms. The van der Waals surface area contributed by atoms with Gasteiger partial charge in [0.05, 0.1) is 6.10 Å². The van der Waals surface area contributed by atoms with Crippen LogP contribution in [-0.4, -0.2) is 5.11 Å². The van der Waals surface area contributed by atoms with Gasteiger partial charge in [0, 0.05) is 21.5 Å². The third-order valence-corrected chi connectivity index (χ3v) is 4.51. The molecule has 0 radical (unpaired) electrons. The van der Waals surface area contributed by atoms with Crippen LogP contribution in [0.15, 0.2) is 40.9 Å². The van der Waals surface area contributed by atoms with Crippen LogP contribution in [0.2, 0.25) is 5.02 Å². The first kappa shape index (κ1) is 13.9. The van der Waals surface area contributed by atoms with Gasteiger partial charge >= 0.3 is 0 Å². The average molecular weight is 354 g/mol. The van der Waals surface area contributed by atoms with E-state index in [2.05, 4.69) is 15.9 Å². The number of fused-ring (bicyclic) bond motifs is 1. The molecule has 0 aliphatic carbocycles. The van der Waals surface area contributed by atoms with E-state index < -0.39 is 6.10 Å². The zero-order valence-corrected chi connectivity index (χ0v) is 13.3. The first-order chi connectivity index (χ1) is 9.54. The van der Waals surface area contributed by atoms with Gasteiger partial charge in [-0.15, -0.1) is 0 Å². The maximum Gasteiger partial charge on any atom is 0.127 e. The van der Waals surface area contributed by atoms with Crippen molar-refractivity contribution >= 4 is 27.5 Å². The predicted octanol–water partition coefficient (Wildman–Crippen LogP) is 4.97. The van der Waals surface area contributed by atoms with Crippen molar-refractivity contribution in [2.24, 2.45) is 0 Å². The summed E-state index contributed by atoms with van der Waals surface area (Å²) in [4.78, 5) is 0. The minimum atomic E-state index is -0.527. The molecule has 1 aliphatic heterocycles. The molecule has 0 aromatic heterocycles. The van der Waals surface area contributed by atoms with Crippen LogP contribution < -0.4 is 4.74 Å². The zero-order valence-electron chi connectivity index (χ0n) is 10.9. The summed E-state index contributed by atoms with van der Waals surface area (Å²) < 4.78 is 6.94. The maximum absolute atomic E-state index is 10.3. The average Bonchev–Trinajstić information content (AvgIpc) is 2.42. The summed E-state index contributed by atoms with van der Waals surface area (Å²) in [5.41, 5.74) is 2.86. The largest absolute Gasteiger partial charge is 0.485 e. The van der Waals surface area contributed by atoms with Crippen LogP contribution in [0.1, 0.15) is 35.3 Å². The van der Waals surface area contributed by atoms with E-state index in [0.29, 0.717) is 6.42 Å². The first-order valence-electron chi connectivity index (χ1n) is 6.45. The summed E-state index contributed by atoms with van der Waals surface area (Å²) in [7, 11) is 0. The quantitative estimate of drug-likeness (QED) is 0.784. The van der Waals surface area contributed by atoms with Crippen LogP contribution >= 0.6 is 27.5 Å². The predicted molar refractivity (Wildman–Crippen MR) is 83.3 cm³/mol. The Labute approximate surface area is 131 Å². The lowest BCUT2D eigenvalue weighted by molar-refractivity contribution is 0.0657. The lowest BCUT2D eigenvalue weighted by Crippen LogP contribution is -2.19. The summed E-state index contributed by atoms with van der Waals surface area (Å²) >= 11 is 9.58. The van der Waals surface area contributed by atoms with E-state index in [1.807, 2.05) is 43.3 Å². The number of hydrogen-bond donors (Lipinski definition) is 1. The normalized spacial score (nSPS) is 21.2. The summed E-state index contributed by atoms with van der Waals surface area (Å²) in [6.45, 7) is 1.97. The van der Waals surface area contributed by atoms with Crippen molar-refractivity contribution in [2.75, 3.05) is 0 Å². The highest BCUT2D eigenvalue weighted by molar-refractivity contribution is 9.10. The molecule has 1 N–H and O–H groups in total. The second-order valence-corrected chi connectivity index (χ2v) is 6.37. The highest BCUT2D eigenvalue weighted by Crippen LogP contribution is 2.42. The van der Waals surface area contributed by atoms with Crippen molar-refractivity contribution in [1.29, 1.82) is 0 Å². The van der Waals surface area contributed by atoms with Crippen LogP contribution in [0.25, 0.3) is 0 Å². The zero-order chi connectivity index (χ0) is 14.3. The third kappa shape index (κ3) is 2.58. The number of aliphatic hydroxyl groups is 1. The van der Waals surface area contributed by atoms with Gasteiger partial charge in [-0.05, 0) is 42.3 Å². The molecule has 0 bridgehead atoms. The Hall–Kier alpha value is -1.03. The van der Waals surface area contributed by atoms with Crippen LogP contribution in [0.3, 0.4) is 0 Å². The minimum Gasteiger partial charge on any atom is -0.485 e. The second kappa shape index (κ2) is 5.40.